The zero-order valence-electron chi connectivity index (χ0n) is 17.6. The highest BCUT2D eigenvalue weighted by Gasteiger charge is 2.32. The highest BCUT2D eigenvalue weighted by Crippen LogP contribution is 2.41. The summed E-state index contributed by atoms with van der Waals surface area (Å²) in [4.78, 5) is 5.04. The number of fused-ring (bicyclic) bond motifs is 11. The van der Waals surface area contributed by atoms with Crippen molar-refractivity contribution in [1.82, 2.24) is 9.55 Å². The van der Waals surface area contributed by atoms with Crippen molar-refractivity contribution in [2.75, 3.05) is 0 Å². The Morgan fingerprint density at radius 3 is 2.42 bits per heavy atom. The second-order valence-electron chi connectivity index (χ2n) is 8.81. The van der Waals surface area contributed by atoms with E-state index in [1.54, 1.807) is 0 Å². The molecule has 0 fully saturated rings. The Hall–Kier alpha value is -3.72. The van der Waals surface area contributed by atoms with Crippen LogP contribution in [0.4, 0.5) is 0 Å². The molecule has 7 rings (SSSR count). The lowest BCUT2D eigenvalue weighted by Gasteiger charge is -2.24. The Morgan fingerprint density at radius 1 is 0.871 bits per heavy atom. The first-order chi connectivity index (χ1) is 15.2. The average Bonchev–Trinajstić information content (AvgIpc) is 3.11. The van der Waals surface area contributed by atoms with Crippen molar-refractivity contribution in [2.24, 2.45) is 7.05 Å². The largest absolute Gasteiger partial charge is 0.337 e. The number of hydrogen-bond acceptors (Lipinski definition) is 1. The Morgan fingerprint density at radius 2 is 1.58 bits per heavy atom. The van der Waals surface area contributed by atoms with E-state index in [9.17, 15) is 0 Å². The third-order valence-electron chi connectivity index (χ3n) is 7.10. The average molecular weight is 401 g/mol. The van der Waals surface area contributed by atoms with E-state index in [2.05, 4.69) is 102 Å². The fourth-order valence-electron chi connectivity index (χ4n) is 5.65. The molecule has 1 aliphatic heterocycles. The second-order valence-corrected chi connectivity index (χ2v) is 8.81. The van der Waals surface area contributed by atoms with Gasteiger partial charge in [0.2, 0.25) is 5.52 Å². The molecule has 2 aromatic heterocycles. The summed E-state index contributed by atoms with van der Waals surface area (Å²) in [5.41, 5.74) is 7.62. The van der Waals surface area contributed by atoms with Crippen LogP contribution in [0.15, 0.2) is 79.1 Å². The summed E-state index contributed by atoms with van der Waals surface area (Å²) < 4.78 is 4.73. The summed E-state index contributed by atoms with van der Waals surface area (Å²) in [5.74, 6) is 0. The van der Waals surface area contributed by atoms with Crippen molar-refractivity contribution in [3.8, 4) is 11.3 Å². The minimum atomic E-state index is 0.371. The molecule has 6 aromatic rings. The summed E-state index contributed by atoms with van der Waals surface area (Å²) >= 11 is 0. The first-order valence-electron chi connectivity index (χ1n) is 10.9. The molecule has 31 heavy (non-hydrogen) atoms. The van der Waals surface area contributed by atoms with E-state index in [1.807, 2.05) is 0 Å². The van der Waals surface area contributed by atoms with Gasteiger partial charge in [0.15, 0.2) is 5.69 Å². The maximum Gasteiger partial charge on any atom is 0.287 e. The van der Waals surface area contributed by atoms with Crippen LogP contribution in [-0.4, -0.2) is 9.55 Å². The number of rotatable bonds is 0. The van der Waals surface area contributed by atoms with Gasteiger partial charge in [-0.2, -0.15) is 0 Å². The van der Waals surface area contributed by atoms with Crippen LogP contribution >= 0.6 is 0 Å². The molecule has 1 atom stereocenters. The Kier molecular flexibility index (Phi) is 3.25. The molecule has 0 N–H and O–H groups in total. The van der Waals surface area contributed by atoms with Crippen LogP contribution in [-0.2, 0) is 13.5 Å². The Balaban J connectivity index is 1.74. The minimum Gasteiger partial charge on any atom is -0.337 e. The van der Waals surface area contributed by atoms with Gasteiger partial charge in [0.05, 0.1) is 10.9 Å². The van der Waals surface area contributed by atoms with Gasteiger partial charge in [-0.1, -0.05) is 66.7 Å². The van der Waals surface area contributed by atoms with Crippen molar-refractivity contribution in [2.45, 2.75) is 19.4 Å². The van der Waals surface area contributed by atoms with E-state index < -0.39 is 0 Å². The monoisotopic (exact) mass is 400 g/mol. The van der Waals surface area contributed by atoms with Crippen LogP contribution < -0.4 is 4.57 Å². The van der Waals surface area contributed by atoms with E-state index >= 15 is 0 Å². The van der Waals surface area contributed by atoms with Gasteiger partial charge in [-0.3, -0.25) is 0 Å². The van der Waals surface area contributed by atoms with Crippen LogP contribution in [0, 0.1) is 0 Å². The minimum absolute atomic E-state index is 0.371. The fourth-order valence-corrected chi connectivity index (χ4v) is 5.65. The van der Waals surface area contributed by atoms with E-state index in [1.165, 1.54) is 54.8 Å². The second kappa shape index (κ2) is 5.92. The van der Waals surface area contributed by atoms with Crippen molar-refractivity contribution >= 4 is 43.5 Å². The molecule has 148 valence electrons. The lowest BCUT2D eigenvalue weighted by molar-refractivity contribution is -0.712. The molecule has 0 aliphatic carbocycles. The number of aromatic nitrogens is 3. The molecule has 3 nitrogen and oxygen atoms in total. The summed E-state index contributed by atoms with van der Waals surface area (Å²) in [7, 11) is 2.19. The Labute approximate surface area is 180 Å². The van der Waals surface area contributed by atoms with Crippen molar-refractivity contribution in [3.63, 3.8) is 0 Å². The topological polar surface area (TPSA) is 21.7 Å². The van der Waals surface area contributed by atoms with Gasteiger partial charge in [0, 0.05) is 19.0 Å². The maximum atomic E-state index is 5.04. The summed E-state index contributed by atoms with van der Waals surface area (Å²) in [6.45, 7) is 2.30. The number of nitrogens with zero attached hydrogens (tertiary/aromatic N) is 3. The molecule has 3 heteroatoms. The Bertz CT molecular complexity index is 1690. The van der Waals surface area contributed by atoms with E-state index in [0.29, 0.717) is 6.04 Å². The smallest absolute Gasteiger partial charge is 0.287 e. The molecule has 1 unspecified atom stereocenters. The van der Waals surface area contributed by atoms with Gasteiger partial charge in [0.1, 0.15) is 11.6 Å². The lowest BCUT2D eigenvalue weighted by Crippen LogP contribution is -2.44. The predicted octanol–water partition coefficient (Wildman–Crippen LogP) is 6.10. The van der Waals surface area contributed by atoms with Gasteiger partial charge in [-0.25, -0.2) is 4.57 Å². The molecular formula is C28H22N3+. The zero-order valence-corrected chi connectivity index (χ0v) is 17.6. The zero-order chi connectivity index (χ0) is 20.7. The molecule has 0 saturated heterocycles. The molecule has 0 radical (unpaired) electrons. The number of benzene rings is 4. The van der Waals surface area contributed by atoms with E-state index in [0.717, 1.165) is 11.9 Å². The standard InChI is InChI=1S/C28H22N3/c1-17-15-20-12-11-18-7-3-5-9-21(18)24(20)27-28-26(29-16-31(17)27)25-22-10-6-4-8-19(22)13-14-23(25)30(28)2/h3-14,16-17H,15H2,1-2H3/q+1. The molecule has 3 heterocycles. The highest BCUT2D eigenvalue weighted by atomic mass is 15.1. The predicted molar refractivity (Wildman–Crippen MR) is 127 cm³/mol. The van der Waals surface area contributed by atoms with Crippen molar-refractivity contribution in [1.29, 1.82) is 0 Å². The maximum absolute atomic E-state index is 5.04. The van der Waals surface area contributed by atoms with Crippen LogP contribution in [0.5, 0.6) is 0 Å². The molecule has 0 bridgehead atoms. The molecule has 0 amide bonds. The number of hydrogen-bond donors (Lipinski definition) is 0. The molecule has 0 saturated carbocycles. The normalized spacial score (nSPS) is 15.6. The first kappa shape index (κ1) is 17.0. The fraction of sp³-hybridized carbons (Fsp3) is 0.143. The van der Waals surface area contributed by atoms with Crippen LogP contribution in [0.1, 0.15) is 18.5 Å². The van der Waals surface area contributed by atoms with Crippen molar-refractivity contribution < 1.29 is 4.57 Å². The first-order valence-corrected chi connectivity index (χ1v) is 10.9. The quantitative estimate of drug-likeness (QED) is 0.282. The summed E-state index contributed by atoms with van der Waals surface area (Å²) in [6.07, 6.45) is 3.09. The van der Waals surface area contributed by atoms with Crippen LogP contribution in [0.2, 0.25) is 0 Å². The van der Waals surface area contributed by atoms with Gasteiger partial charge in [-0.15, -0.1) is 0 Å². The SMILES string of the molecule is CC1Cc2ccc3ccccc3c2-c2c3c(nc[n+]21)c1c2ccccc2ccc1n3C. The molecule has 1 aliphatic rings. The van der Waals surface area contributed by atoms with Crippen LogP contribution in [0.3, 0.4) is 0 Å². The van der Waals surface area contributed by atoms with Crippen molar-refractivity contribution in [3.05, 3.63) is 84.7 Å². The highest BCUT2D eigenvalue weighted by molar-refractivity contribution is 6.21. The van der Waals surface area contributed by atoms with Gasteiger partial charge in [-0.05, 0) is 45.1 Å². The summed E-state index contributed by atoms with van der Waals surface area (Å²) in [5, 5.41) is 6.39. The summed E-state index contributed by atoms with van der Waals surface area (Å²) in [6, 6.07) is 26.8. The number of aryl methyl sites for hydroxylation is 1. The van der Waals surface area contributed by atoms with Gasteiger partial charge < -0.3 is 4.57 Å². The van der Waals surface area contributed by atoms with E-state index in [-0.39, 0.29) is 0 Å². The molecule has 0 spiro atoms. The molecule has 4 aromatic carbocycles. The van der Waals surface area contributed by atoms with E-state index in [4.69, 9.17) is 4.98 Å². The third kappa shape index (κ3) is 2.13. The van der Waals surface area contributed by atoms with Crippen LogP contribution in [0.25, 0.3) is 54.7 Å². The van der Waals surface area contributed by atoms with Gasteiger partial charge in [0.25, 0.3) is 6.33 Å². The molecular weight excluding hydrogens is 378 g/mol. The lowest BCUT2D eigenvalue weighted by atomic mass is 9.89. The van der Waals surface area contributed by atoms with Gasteiger partial charge >= 0.3 is 0 Å². The third-order valence-corrected chi connectivity index (χ3v) is 7.10.